The number of nitrogens with zero attached hydrogens (tertiary/aromatic N) is 1. The van der Waals surface area contributed by atoms with Crippen LogP contribution in [0.2, 0.25) is 0 Å². The minimum Gasteiger partial charge on any atom is -0.360 e. The molecule has 1 aliphatic rings. The molecule has 5 nitrogen and oxygen atoms in total. The fraction of sp³-hybridized carbons (Fsp3) is 0.294. The summed E-state index contributed by atoms with van der Waals surface area (Å²) in [7, 11) is 0. The second-order valence-corrected chi connectivity index (χ2v) is 6.94. The van der Waals surface area contributed by atoms with Crippen molar-refractivity contribution in [1.29, 1.82) is 0 Å². The molecule has 1 aromatic carbocycles. The summed E-state index contributed by atoms with van der Waals surface area (Å²) in [5.74, 6) is 0.214. The average molecular weight is 423 g/mol. The number of hydrogen-bond donors (Lipinski definition) is 3. The summed E-state index contributed by atoms with van der Waals surface area (Å²) in [6, 6.07) is 12.2. The topological polar surface area (TPSA) is 74.2 Å². The summed E-state index contributed by atoms with van der Waals surface area (Å²) >= 11 is 2.16. The predicted octanol–water partition coefficient (Wildman–Crippen LogP) is 3.69. The van der Waals surface area contributed by atoms with Gasteiger partial charge in [-0.15, -0.1) is 0 Å². The third-order valence-electron chi connectivity index (χ3n) is 4.35. The molecule has 120 valence electrons. The van der Waals surface area contributed by atoms with Gasteiger partial charge in [0.1, 0.15) is 5.82 Å². The number of amides is 1. The number of halogens is 1. The summed E-state index contributed by atoms with van der Waals surface area (Å²) in [5, 5.41) is 12.3. The van der Waals surface area contributed by atoms with Gasteiger partial charge in [0, 0.05) is 6.20 Å². The van der Waals surface area contributed by atoms with Crippen LogP contribution in [-0.2, 0) is 5.54 Å². The standard InChI is InChI=1S/C17H18IN3O2/c18-14-10-12(16(22)21-23)11-19-15(14)20-17(8-4-5-9-17)13-6-2-1-3-7-13/h1-3,6-7,10-11,23H,4-5,8-9H2,(H,19,20)(H,21,22). The summed E-state index contributed by atoms with van der Waals surface area (Å²) in [6.45, 7) is 0. The third-order valence-corrected chi connectivity index (χ3v) is 5.17. The Labute approximate surface area is 148 Å². The van der Waals surface area contributed by atoms with Crippen molar-refractivity contribution in [2.24, 2.45) is 0 Å². The van der Waals surface area contributed by atoms with Gasteiger partial charge in [0.2, 0.25) is 0 Å². The zero-order valence-electron chi connectivity index (χ0n) is 12.6. The number of rotatable bonds is 4. The number of hydrogen-bond acceptors (Lipinski definition) is 4. The number of benzene rings is 1. The van der Waals surface area contributed by atoms with Crippen molar-refractivity contribution in [1.82, 2.24) is 10.5 Å². The highest BCUT2D eigenvalue weighted by molar-refractivity contribution is 14.1. The Hall–Kier alpha value is -1.67. The lowest BCUT2D eigenvalue weighted by Gasteiger charge is -2.32. The van der Waals surface area contributed by atoms with Crippen LogP contribution in [0.5, 0.6) is 0 Å². The van der Waals surface area contributed by atoms with Gasteiger partial charge < -0.3 is 5.32 Å². The van der Waals surface area contributed by atoms with Crippen LogP contribution < -0.4 is 10.8 Å². The molecule has 3 N–H and O–H groups in total. The number of hydroxylamine groups is 1. The van der Waals surface area contributed by atoms with E-state index in [4.69, 9.17) is 5.21 Å². The van der Waals surface area contributed by atoms with Gasteiger partial charge in [0.05, 0.1) is 14.7 Å². The summed E-state index contributed by atoms with van der Waals surface area (Å²) in [4.78, 5) is 15.9. The monoisotopic (exact) mass is 423 g/mol. The molecule has 1 aliphatic carbocycles. The SMILES string of the molecule is O=C(NO)c1cnc(NC2(c3ccccc3)CCCC2)c(I)c1. The minimum atomic E-state index is -0.555. The van der Waals surface area contributed by atoms with Gasteiger partial charge in [0.15, 0.2) is 0 Å². The number of aromatic nitrogens is 1. The van der Waals surface area contributed by atoms with Crippen LogP contribution in [0, 0.1) is 3.57 Å². The van der Waals surface area contributed by atoms with Crippen LogP contribution in [-0.4, -0.2) is 16.1 Å². The molecule has 3 rings (SSSR count). The maximum absolute atomic E-state index is 11.5. The quantitative estimate of drug-likeness (QED) is 0.399. The lowest BCUT2D eigenvalue weighted by Crippen LogP contribution is -2.33. The van der Waals surface area contributed by atoms with Crippen molar-refractivity contribution >= 4 is 34.3 Å². The highest BCUT2D eigenvalue weighted by Gasteiger charge is 2.36. The number of carbonyl (C=O) groups is 1. The molecule has 1 amide bonds. The molecule has 0 unspecified atom stereocenters. The van der Waals surface area contributed by atoms with E-state index in [2.05, 4.69) is 57.2 Å². The van der Waals surface area contributed by atoms with Crippen LogP contribution >= 0.6 is 22.6 Å². The molecule has 0 spiro atoms. The molecule has 1 heterocycles. The molecular weight excluding hydrogens is 405 g/mol. The normalized spacial score (nSPS) is 16.1. The van der Waals surface area contributed by atoms with Crippen LogP contribution in [0.3, 0.4) is 0 Å². The zero-order valence-corrected chi connectivity index (χ0v) is 14.7. The Morgan fingerprint density at radius 1 is 1.22 bits per heavy atom. The van der Waals surface area contributed by atoms with E-state index in [0.29, 0.717) is 5.56 Å². The zero-order chi connectivity index (χ0) is 16.3. The summed E-state index contributed by atoms with van der Waals surface area (Å²) in [5.41, 5.74) is 3.14. The Morgan fingerprint density at radius 3 is 2.52 bits per heavy atom. The molecule has 0 aliphatic heterocycles. The Morgan fingerprint density at radius 2 is 1.91 bits per heavy atom. The summed E-state index contributed by atoms with van der Waals surface area (Å²) in [6.07, 6.45) is 5.97. The van der Waals surface area contributed by atoms with Gasteiger partial charge in [-0.05, 0) is 47.1 Å². The highest BCUT2D eigenvalue weighted by Crippen LogP contribution is 2.41. The molecule has 0 radical (unpaired) electrons. The molecule has 2 aromatic rings. The Balaban J connectivity index is 1.91. The number of carbonyl (C=O) groups excluding carboxylic acids is 1. The maximum atomic E-state index is 11.5. The van der Waals surface area contributed by atoms with Crippen molar-refractivity contribution in [3.63, 3.8) is 0 Å². The predicted molar refractivity (Wildman–Crippen MR) is 96.4 cm³/mol. The van der Waals surface area contributed by atoms with E-state index in [-0.39, 0.29) is 5.54 Å². The summed E-state index contributed by atoms with van der Waals surface area (Å²) < 4.78 is 0.853. The van der Waals surface area contributed by atoms with Gasteiger partial charge in [-0.3, -0.25) is 10.0 Å². The molecule has 0 atom stereocenters. The second kappa shape index (κ2) is 6.84. The van der Waals surface area contributed by atoms with Crippen molar-refractivity contribution in [2.45, 2.75) is 31.2 Å². The first-order valence-electron chi connectivity index (χ1n) is 7.58. The van der Waals surface area contributed by atoms with Crippen LogP contribution in [0.1, 0.15) is 41.6 Å². The number of nitrogens with one attached hydrogen (secondary N) is 2. The first kappa shape index (κ1) is 16.2. The van der Waals surface area contributed by atoms with E-state index < -0.39 is 5.91 Å². The first-order chi connectivity index (χ1) is 11.1. The van der Waals surface area contributed by atoms with E-state index in [9.17, 15) is 4.79 Å². The van der Waals surface area contributed by atoms with E-state index in [1.165, 1.54) is 24.6 Å². The van der Waals surface area contributed by atoms with Gasteiger partial charge in [-0.1, -0.05) is 43.2 Å². The van der Waals surface area contributed by atoms with Crippen molar-refractivity contribution in [2.75, 3.05) is 5.32 Å². The average Bonchev–Trinajstić information content (AvgIpc) is 3.06. The van der Waals surface area contributed by atoms with E-state index in [1.807, 2.05) is 6.07 Å². The smallest absolute Gasteiger partial charge is 0.276 e. The lowest BCUT2D eigenvalue weighted by molar-refractivity contribution is 0.0706. The molecule has 6 heteroatoms. The molecule has 1 fully saturated rings. The maximum Gasteiger partial charge on any atom is 0.276 e. The van der Waals surface area contributed by atoms with Crippen LogP contribution in [0.4, 0.5) is 5.82 Å². The first-order valence-corrected chi connectivity index (χ1v) is 8.66. The van der Waals surface area contributed by atoms with Crippen molar-refractivity contribution in [3.05, 3.63) is 57.3 Å². The third kappa shape index (κ3) is 3.32. The minimum absolute atomic E-state index is 0.102. The molecule has 1 aromatic heterocycles. The molecule has 23 heavy (non-hydrogen) atoms. The fourth-order valence-corrected chi connectivity index (χ4v) is 3.78. The largest absolute Gasteiger partial charge is 0.360 e. The highest BCUT2D eigenvalue weighted by atomic mass is 127. The molecular formula is C17H18IN3O2. The lowest BCUT2D eigenvalue weighted by atomic mass is 9.88. The van der Waals surface area contributed by atoms with Crippen molar-refractivity contribution < 1.29 is 10.0 Å². The Kier molecular flexibility index (Phi) is 4.82. The fourth-order valence-electron chi connectivity index (χ4n) is 3.17. The molecule has 1 saturated carbocycles. The van der Waals surface area contributed by atoms with Gasteiger partial charge in [-0.25, -0.2) is 10.5 Å². The van der Waals surface area contributed by atoms with E-state index in [1.54, 1.807) is 11.5 Å². The van der Waals surface area contributed by atoms with Crippen LogP contribution in [0.25, 0.3) is 0 Å². The number of pyridine rings is 1. The van der Waals surface area contributed by atoms with Crippen molar-refractivity contribution in [3.8, 4) is 0 Å². The number of anilines is 1. The van der Waals surface area contributed by atoms with Crippen LogP contribution in [0.15, 0.2) is 42.6 Å². The molecule has 0 bridgehead atoms. The van der Waals surface area contributed by atoms with Gasteiger partial charge in [0.25, 0.3) is 5.91 Å². The molecule has 0 saturated heterocycles. The van der Waals surface area contributed by atoms with E-state index in [0.717, 1.165) is 22.2 Å². The van der Waals surface area contributed by atoms with Gasteiger partial charge >= 0.3 is 0 Å². The van der Waals surface area contributed by atoms with Gasteiger partial charge in [-0.2, -0.15) is 0 Å². The Bertz CT molecular complexity index is 700. The second-order valence-electron chi connectivity index (χ2n) is 5.78. The van der Waals surface area contributed by atoms with E-state index >= 15 is 0 Å².